The van der Waals surface area contributed by atoms with E-state index >= 15 is 0 Å². The minimum atomic E-state index is 0.121. The molecule has 1 N–H and O–H groups in total. The van der Waals surface area contributed by atoms with E-state index in [0.717, 1.165) is 0 Å². The van der Waals surface area contributed by atoms with E-state index in [4.69, 9.17) is 9.47 Å². The van der Waals surface area contributed by atoms with Gasteiger partial charge in [0.2, 0.25) is 5.75 Å². The summed E-state index contributed by atoms with van der Waals surface area (Å²) in [6.07, 6.45) is 0. The lowest BCUT2D eigenvalue weighted by atomic mass is 10.3. The summed E-state index contributed by atoms with van der Waals surface area (Å²) in [5.41, 5.74) is 0. The van der Waals surface area contributed by atoms with Crippen LogP contribution in [0.15, 0.2) is 18.2 Å². The fourth-order valence-electron chi connectivity index (χ4n) is 0.983. The van der Waals surface area contributed by atoms with Crippen LogP contribution in [0.4, 0.5) is 0 Å². The second-order valence-corrected chi connectivity index (χ2v) is 2.20. The molecule has 0 saturated carbocycles. The van der Waals surface area contributed by atoms with E-state index in [9.17, 15) is 5.11 Å². The molecule has 1 aromatic carbocycles. The van der Waals surface area contributed by atoms with Crippen molar-refractivity contribution in [3.05, 3.63) is 24.8 Å². The monoisotopic (exact) mass is 151 g/mol. The predicted octanol–water partition coefficient (Wildman–Crippen LogP) is 1.33. The molecule has 0 aliphatic carbocycles. The number of fused-ring (bicyclic) bond motifs is 1. The maximum absolute atomic E-state index is 9.24. The first-order chi connectivity index (χ1) is 5.38. The van der Waals surface area contributed by atoms with Gasteiger partial charge in [0.1, 0.15) is 6.61 Å². The molecule has 2 rings (SSSR count). The summed E-state index contributed by atoms with van der Waals surface area (Å²) in [5, 5.41) is 9.24. The van der Waals surface area contributed by atoms with Gasteiger partial charge >= 0.3 is 0 Å². The van der Waals surface area contributed by atoms with Crippen LogP contribution in [0, 0.1) is 6.61 Å². The Balaban J connectivity index is 2.49. The molecular formula is C8H7O3. The third kappa shape index (κ3) is 0.981. The Morgan fingerprint density at radius 1 is 1.36 bits per heavy atom. The van der Waals surface area contributed by atoms with Crippen LogP contribution < -0.4 is 9.47 Å². The van der Waals surface area contributed by atoms with Gasteiger partial charge in [-0.25, -0.2) is 0 Å². The second-order valence-electron chi connectivity index (χ2n) is 2.20. The molecule has 0 spiro atoms. The lowest BCUT2D eigenvalue weighted by Gasteiger charge is -2.17. The van der Waals surface area contributed by atoms with Gasteiger partial charge in [0.05, 0.1) is 0 Å². The Morgan fingerprint density at radius 3 is 3.09 bits per heavy atom. The number of phenols is 1. The number of aromatic hydroxyl groups is 1. The summed E-state index contributed by atoms with van der Waals surface area (Å²) < 4.78 is 10.2. The van der Waals surface area contributed by atoms with Crippen molar-refractivity contribution in [2.24, 2.45) is 0 Å². The molecule has 0 aromatic heterocycles. The Hall–Kier alpha value is -1.38. The van der Waals surface area contributed by atoms with Gasteiger partial charge in [-0.05, 0) is 12.1 Å². The van der Waals surface area contributed by atoms with Crippen LogP contribution in [0.3, 0.4) is 0 Å². The van der Waals surface area contributed by atoms with Crippen LogP contribution in [-0.4, -0.2) is 11.7 Å². The maximum atomic E-state index is 9.24. The van der Waals surface area contributed by atoms with Crippen LogP contribution in [-0.2, 0) is 0 Å². The second kappa shape index (κ2) is 2.34. The third-order valence-corrected chi connectivity index (χ3v) is 1.46. The molecule has 1 aliphatic heterocycles. The summed E-state index contributed by atoms with van der Waals surface area (Å²) in [7, 11) is 0. The van der Waals surface area contributed by atoms with Crippen molar-refractivity contribution >= 4 is 0 Å². The van der Waals surface area contributed by atoms with Gasteiger partial charge in [-0.1, -0.05) is 6.07 Å². The maximum Gasteiger partial charge on any atom is 0.203 e. The lowest BCUT2D eigenvalue weighted by molar-refractivity contribution is 0.215. The van der Waals surface area contributed by atoms with Gasteiger partial charge < -0.3 is 14.6 Å². The Morgan fingerprint density at radius 2 is 2.27 bits per heavy atom. The Labute approximate surface area is 64.2 Å². The number of hydrogen-bond donors (Lipinski definition) is 1. The van der Waals surface area contributed by atoms with Crippen molar-refractivity contribution in [2.45, 2.75) is 0 Å². The number of benzene rings is 1. The molecular weight excluding hydrogens is 144 g/mol. The van der Waals surface area contributed by atoms with Gasteiger partial charge in [-0.15, -0.1) is 0 Å². The average molecular weight is 151 g/mol. The molecule has 0 fully saturated rings. The highest BCUT2D eigenvalue weighted by molar-refractivity contribution is 5.51. The Bertz CT molecular complexity index is 270. The molecule has 57 valence electrons. The number of ether oxygens (including phenoxy) is 2. The molecule has 0 amide bonds. The minimum absolute atomic E-state index is 0.121. The first-order valence-corrected chi connectivity index (χ1v) is 3.31. The van der Waals surface area contributed by atoms with Crippen molar-refractivity contribution in [3.8, 4) is 17.2 Å². The van der Waals surface area contributed by atoms with Crippen LogP contribution in [0.2, 0.25) is 0 Å². The lowest BCUT2D eigenvalue weighted by Crippen LogP contribution is -2.09. The van der Waals surface area contributed by atoms with E-state index in [1.807, 2.05) is 0 Å². The molecule has 1 heterocycles. The standard InChI is InChI=1S/C8H7O3/c9-6-2-1-3-7-8(6)11-5-4-10-7/h1-4,9H,5H2. The highest BCUT2D eigenvalue weighted by atomic mass is 16.6. The summed E-state index contributed by atoms with van der Waals surface area (Å²) in [5.74, 6) is 1.11. The number of hydrogen-bond acceptors (Lipinski definition) is 3. The van der Waals surface area contributed by atoms with Gasteiger partial charge in [0.15, 0.2) is 18.1 Å². The average Bonchev–Trinajstić information content (AvgIpc) is 2.06. The first kappa shape index (κ1) is 6.34. The zero-order chi connectivity index (χ0) is 7.68. The molecule has 11 heavy (non-hydrogen) atoms. The van der Waals surface area contributed by atoms with E-state index in [2.05, 4.69) is 0 Å². The van der Waals surface area contributed by atoms with Gasteiger partial charge in [0, 0.05) is 0 Å². The topological polar surface area (TPSA) is 38.7 Å². The van der Waals surface area contributed by atoms with E-state index in [1.165, 1.54) is 0 Å². The highest BCUT2D eigenvalue weighted by Crippen LogP contribution is 2.38. The zero-order valence-electron chi connectivity index (χ0n) is 5.78. The van der Waals surface area contributed by atoms with Gasteiger partial charge in [-0.2, -0.15) is 0 Å². The molecule has 0 saturated heterocycles. The van der Waals surface area contributed by atoms with Crippen molar-refractivity contribution in [2.75, 3.05) is 6.61 Å². The van der Waals surface area contributed by atoms with Crippen LogP contribution in [0.25, 0.3) is 0 Å². The largest absolute Gasteiger partial charge is 0.504 e. The van der Waals surface area contributed by atoms with E-state index in [1.54, 1.807) is 24.8 Å². The fourth-order valence-corrected chi connectivity index (χ4v) is 0.983. The van der Waals surface area contributed by atoms with E-state index in [0.29, 0.717) is 18.1 Å². The SMILES string of the molecule is Oc1cccc2c1OC[CH]O2. The van der Waals surface area contributed by atoms with E-state index < -0.39 is 0 Å². The summed E-state index contributed by atoms with van der Waals surface area (Å²) in [6.45, 7) is 1.92. The van der Waals surface area contributed by atoms with Gasteiger partial charge in [-0.3, -0.25) is 0 Å². The molecule has 0 unspecified atom stereocenters. The minimum Gasteiger partial charge on any atom is -0.504 e. The highest BCUT2D eigenvalue weighted by Gasteiger charge is 2.14. The normalized spacial score (nSPS) is 14.5. The van der Waals surface area contributed by atoms with Crippen LogP contribution in [0.1, 0.15) is 0 Å². The molecule has 0 bridgehead atoms. The molecule has 1 aromatic rings. The molecule has 3 nitrogen and oxygen atoms in total. The summed E-state index contributed by atoms with van der Waals surface area (Å²) in [6, 6.07) is 5.01. The zero-order valence-corrected chi connectivity index (χ0v) is 5.78. The van der Waals surface area contributed by atoms with Crippen molar-refractivity contribution in [1.29, 1.82) is 0 Å². The molecule has 1 radical (unpaired) electrons. The smallest absolute Gasteiger partial charge is 0.203 e. The quantitative estimate of drug-likeness (QED) is 0.607. The first-order valence-electron chi connectivity index (χ1n) is 3.31. The Kier molecular flexibility index (Phi) is 1.35. The number of phenolic OH excluding ortho intramolecular Hbond substituents is 1. The van der Waals surface area contributed by atoms with Crippen LogP contribution >= 0.6 is 0 Å². The number of para-hydroxylation sites is 1. The third-order valence-electron chi connectivity index (χ3n) is 1.46. The summed E-state index contributed by atoms with van der Waals surface area (Å²) in [4.78, 5) is 0. The number of rotatable bonds is 0. The fraction of sp³-hybridized carbons (Fsp3) is 0.125. The van der Waals surface area contributed by atoms with Crippen molar-refractivity contribution in [3.63, 3.8) is 0 Å². The molecule has 0 atom stereocenters. The van der Waals surface area contributed by atoms with Gasteiger partial charge in [0.25, 0.3) is 0 Å². The predicted molar refractivity (Wildman–Crippen MR) is 38.5 cm³/mol. The van der Waals surface area contributed by atoms with Crippen molar-refractivity contribution in [1.82, 2.24) is 0 Å². The van der Waals surface area contributed by atoms with Crippen molar-refractivity contribution < 1.29 is 14.6 Å². The van der Waals surface area contributed by atoms with E-state index in [-0.39, 0.29) is 5.75 Å². The molecule has 3 heteroatoms. The van der Waals surface area contributed by atoms with Crippen LogP contribution in [0.5, 0.6) is 17.2 Å². The summed E-state index contributed by atoms with van der Waals surface area (Å²) >= 11 is 0. The molecule has 1 aliphatic rings.